The summed E-state index contributed by atoms with van der Waals surface area (Å²) in [6.07, 6.45) is 7.91. The molecule has 0 aromatic heterocycles. The van der Waals surface area contributed by atoms with E-state index in [4.69, 9.17) is 9.47 Å². The minimum atomic E-state index is -0.769. The number of unbranched alkanes of at least 4 members (excludes halogenated alkanes) is 5. The van der Waals surface area contributed by atoms with Crippen molar-refractivity contribution in [2.24, 2.45) is 0 Å². The minimum absolute atomic E-state index is 0.0939. The summed E-state index contributed by atoms with van der Waals surface area (Å²) in [5.41, 5.74) is 0.943. The van der Waals surface area contributed by atoms with Crippen molar-refractivity contribution in [1.29, 1.82) is 0 Å². The highest BCUT2D eigenvalue weighted by atomic mass is 16.6. The molecule has 26 heavy (non-hydrogen) atoms. The van der Waals surface area contributed by atoms with Crippen LogP contribution < -0.4 is 5.32 Å². The molecule has 0 saturated carbocycles. The first-order chi connectivity index (χ1) is 12.7. The zero-order chi connectivity index (χ0) is 19.0. The van der Waals surface area contributed by atoms with Gasteiger partial charge < -0.3 is 14.8 Å². The van der Waals surface area contributed by atoms with Gasteiger partial charge in [0.25, 0.3) is 0 Å². The molecule has 5 heteroatoms. The Bertz CT molecular complexity index is 530. The van der Waals surface area contributed by atoms with Gasteiger partial charge in [-0.15, -0.1) is 0 Å². The third kappa shape index (κ3) is 9.87. The summed E-state index contributed by atoms with van der Waals surface area (Å²) in [6.45, 7) is 6.15. The Morgan fingerprint density at radius 1 is 1.08 bits per heavy atom. The molecule has 0 bridgehead atoms. The Kier molecular flexibility index (Phi) is 11.6. The third-order valence-corrected chi connectivity index (χ3v) is 3.93. The molecule has 144 valence electrons. The van der Waals surface area contributed by atoms with Crippen LogP contribution in [0.2, 0.25) is 0 Å². The molecular weight excluding hydrogens is 330 g/mol. The molecular formula is C21H31NO4. The number of hydrogen-bond donors (Lipinski definition) is 1. The standard InChI is InChI=1S/C21H31NO4/c1-3-5-6-7-8-12-16-25-20(23)19(22-21(24)26-15-4-2)17-18-13-10-9-11-14-18/h4,9-11,13-14,19H,2-3,5-8,12,15-17H2,1H3,(H,22,24)/t19-/m0/s1. The number of alkyl carbamates (subject to hydrolysis) is 1. The Hall–Kier alpha value is -2.30. The lowest BCUT2D eigenvalue weighted by Gasteiger charge is -2.17. The molecule has 0 unspecified atom stereocenters. The van der Waals surface area contributed by atoms with E-state index in [0.717, 1.165) is 24.8 Å². The molecule has 5 nitrogen and oxygen atoms in total. The van der Waals surface area contributed by atoms with Crippen molar-refractivity contribution < 1.29 is 19.1 Å². The fourth-order valence-corrected chi connectivity index (χ4v) is 2.52. The molecule has 0 aliphatic carbocycles. The quantitative estimate of drug-likeness (QED) is 0.321. The molecule has 0 spiro atoms. The number of ether oxygens (including phenoxy) is 2. The molecule has 0 saturated heterocycles. The van der Waals surface area contributed by atoms with Crippen molar-refractivity contribution in [3.8, 4) is 0 Å². The summed E-state index contributed by atoms with van der Waals surface area (Å²) < 4.78 is 10.3. The lowest BCUT2D eigenvalue weighted by atomic mass is 10.1. The van der Waals surface area contributed by atoms with Gasteiger partial charge in [0.15, 0.2) is 0 Å². The Morgan fingerprint density at radius 2 is 1.77 bits per heavy atom. The van der Waals surface area contributed by atoms with Crippen LogP contribution in [-0.4, -0.2) is 31.3 Å². The number of carbonyl (C=O) groups is 2. The van der Waals surface area contributed by atoms with E-state index in [1.807, 2.05) is 30.3 Å². The summed E-state index contributed by atoms with van der Waals surface area (Å²) >= 11 is 0. The highest BCUT2D eigenvalue weighted by molar-refractivity contribution is 5.81. The van der Waals surface area contributed by atoms with E-state index in [0.29, 0.717) is 13.0 Å². The lowest BCUT2D eigenvalue weighted by Crippen LogP contribution is -2.43. The first-order valence-corrected chi connectivity index (χ1v) is 9.42. The summed E-state index contributed by atoms with van der Waals surface area (Å²) in [5, 5.41) is 2.59. The summed E-state index contributed by atoms with van der Waals surface area (Å²) in [7, 11) is 0. The van der Waals surface area contributed by atoms with E-state index in [1.165, 1.54) is 25.3 Å². The number of benzene rings is 1. The lowest BCUT2D eigenvalue weighted by molar-refractivity contribution is -0.146. The molecule has 1 amide bonds. The van der Waals surface area contributed by atoms with Crippen LogP contribution in [0.25, 0.3) is 0 Å². The van der Waals surface area contributed by atoms with Crippen LogP contribution in [-0.2, 0) is 20.7 Å². The van der Waals surface area contributed by atoms with E-state index < -0.39 is 18.1 Å². The second-order valence-electron chi connectivity index (χ2n) is 6.21. The number of nitrogens with one attached hydrogen (secondary N) is 1. The van der Waals surface area contributed by atoms with E-state index in [9.17, 15) is 9.59 Å². The van der Waals surface area contributed by atoms with Gasteiger partial charge in [-0.05, 0) is 12.0 Å². The number of carbonyl (C=O) groups excluding carboxylic acids is 2. The van der Waals surface area contributed by atoms with Gasteiger partial charge in [0.05, 0.1) is 6.61 Å². The first-order valence-electron chi connectivity index (χ1n) is 9.42. The van der Waals surface area contributed by atoms with Gasteiger partial charge in [0.1, 0.15) is 12.6 Å². The molecule has 1 aromatic carbocycles. The predicted molar refractivity (Wildman–Crippen MR) is 103 cm³/mol. The molecule has 1 N–H and O–H groups in total. The number of amides is 1. The topological polar surface area (TPSA) is 64.6 Å². The highest BCUT2D eigenvalue weighted by Crippen LogP contribution is 2.08. The monoisotopic (exact) mass is 361 g/mol. The van der Waals surface area contributed by atoms with Crippen molar-refractivity contribution >= 4 is 12.1 Å². The second kappa shape index (κ2) is 13.9. The van der Waals surface area contributed by atoms with E-state index in [1.54, 1.807) is 0 Å². The maximum Gasteiger partial charge on any atom is 0.408 e. The number of hydrogen-bond acceptors (Lipinski definition) is 4. The van der Waals surface area contributed by atoms with Gasteiger partial charge in [-0.1, -0.05) is 82.0 Å². The Morgan fingerprint density at radius 3 is 2.46 bits per heavy atom. The van der Waals surface area contributed by atoms with Gasteiger partial charge >= 0.3 is 12.1 Å². The van der Waals surface area contributed by atoms with Crippen LogP contribution in [0, 0.1) is 0 Å². The van der Waals surface area contributed by atoms with Gasteiger partial charge in [-0.25, -0.2) is 9.59 Å². The predicted octanol–water partition coefficient (Wildman–Crippen LogP) is 4.41. The summed E-state index contributed by atoms with van der Waals surface area (Å²) in [4.78, 5) is 24.2. The molecule has 1 atom stereocenters. The van der Waals surface area contributed by atoms with Crippen molar-refractivity contribution in [1.82, 2.24) is 5.32 Å². The minimum Gasteiger partial charge on any atom is -0.464 e. The SMILES string of the molecule is C=CCOC(=O)N[C@@H](Cc1ccccc1)C(=O)OCCCCCCCC. The van der Waals surface area contributed by atoms with Crippen LogP contribution >= 0.6 is 0 Å². The van der Waals surface area contributed by atoms with Crippen molar-refractivity contribution in [3.63, 3.8) is 0 Å². The van der Waals surface area contributed by atoms with Crippen LogP contribution in [0.5, 0.6) is 0 Å². The zero-order valence-electron chi connectivity index (χ0n) is 15.7. The zero-order valence-corrected chi connectivity index (χ0v) is 15.7. The van der Waals surface area contributed by atoms with Gasteiger partial charge in [-0.3, -0.25) is 0 Å². The summed E-state index contributed by atoms with van der Waals surface area (Å²) in [5.74, 6) is -0.432. The molecule has 0 fully saturated rings. The van der Waals surface area contributed by atoms with Crippen LogP contribution in [0.1, 0.15) is 51.0 Å². The van der Waals surface area contributed by atoms with Crippen molar-refractivity contribution in [2.45, 2.75) is 57.9 Å². The number of rotatable bonds is 13. The third-order valence-electron chi connectivity index (χ3n) is 3.93. The number of esters is 1. The van der Waals surface area contributed by atoms with Crippen LogP contribution in [0.15, 0.2) is 43.0 Å². The van der Waals surface area contributed by atoms with Crippen LogP contribution in [0.4, 0.5) is 4.79 Å². The molecule has 0 heterocycles. The average molecular weight is 361 g/mol. The van der Waals surface area contributed by atoms with Gasteiger partial charge in [0, 0.05) is 6.42 Å². The van der Waals surface area contributed by atoms with Crippen LogP contribution in [0.3, 0.4) is 0 Å². The largest absolute Gasteiger partial charge is 0.464 e. The first kappa shape index (κ1) is 21.7. The van der Waals surface area contributed by atoms with Gasteiger partial charge in [-0.2, -0.15) is 0 Å². The Labute approximate surface area is 156 Å². The summed E-state index contributed by atoms with van der Waals surface area (Å²) in [6, 6.07) is 8.74. The fourth-order valence-electron chi connectivity index (χ4n) is 2.52. The fraction of sp³-hybridized carbons (Fsp3) is 0.524. The van der Waals surface area contributed by atoms with E-state index in [2.05, 4.69) is 18.8 Å². The van der Waals surface area contributed by atoms with E-state index >= 15 is 0 Å². The Balaban J connectivity index is 2.47. The molecule has 0 radical (unpaired) electrons. The maximum atomic E-state index is 12.4. The maximum absolute atomic E-state index is 12.4. The molecule has 0 aliphatic heterocycles. The smallest absolute Gasteiger partial charge is 0.408 e. The highest BCUT2D eigenvalue weighted by Gasteiger charge is 2.23. The average Bonchev–Trinajstić information content (AvgIpc) is 2.65. The molecule has 0 aliphatic rings. The van der Waals surface area contributed by atoms with Crippen molar-refractivity contribution in [2.75, 3.05) is 13.2 Å². The van der Waals surface area contributed by atoms with Gasteiger partial charge in [0.2, 0.25) is 0 Å². The van der Waals surface area contributed by atoms with Crippen molar-refractivity contribution in [3.05, 3.63) is 48.6 Å². The molecule has 1 rings (SSSR count). The van der Waals surface area contributed by atoms with E-state index in [-0.39, 0.29) is 6.61 Å². The molecule has 1 aromatic rings. The second-order valence-corrected chi connectivity index (χ2v) is 6.21. The normalized spacial score (nSPS) is 11.4.